The average molecular weight is 114 g/mol. The van der Waals surface area contributed by atoms with Crippen molar-refractivity contribution in [1.82, 2.24) is 0 Å². The summed E-state index contributed by atoms with van der Waals surface area (Å²) >= 11 is 0. The van der Waals surface area contributed by atoms with Gasteiger partial charge in [-0.1, -0.05) is 6.92 Å². The van der Waals surface area contributed by atoms with E-state index in [1.54, 1.807) is 7.05 Å². The van der Waals surface area contributed by atoms with Crippen molar-refractivity contribution in [2.24, 2.45) is 21.2 Å². The molecule has 0 aromatic heterocycles. The standard InChI is InChI=1S/C4H10N4/c1-3-4(7-5)8-6-2/h3,5H2,1-2H3/b7-4-,8-6?. The number of hydrazone groups is 1. The Hall–Kier alpha value is -0.930. The summed E-state index contributed by atoms with van der Waals surface area (Å²) < 4.78 is 0. The van der Waals surface area contributed by atoms with Crippen molar-refractivity contribution in [3.63, 3.8) is 0 Å². The Bertz CT molecular complexity index is 102. The summed E-state index contributed by atoms with van der Waals surface area (Å²) in [7, 11) is 1.58. The second-order valence-electron chi connectivity index (χ2n) is 1.20. The first-order chi connectivity index (χ1) is 3.85. The predicted molar refractivity (Wildman–Crippen MR) is 32.7 cm³/mol. The van der Waals surface area contributed by atoms with Gasteiger partial charge in [0.2, 0.25) is 0 Å². The lowest BCUT2D eigenvalue weighted by Crippen LogP contribution is -1.94. The van der Waals surface area contributed by atoms with E-state index in [0.29, 0.717) is 5.84 Å². The molecule has 8 heavy (non-hydrogen) atoms. The maximum Gasteiger partial charge on any atom is 0.169 e. The number of hydrogen-bond acceptors (Lipinski definition) is 3. The fraction of sp³-hybridized carbons (Fsp3) is 0.750. The molecule has 0 fully saturated rings. The smallest absolute Gasteiger partial charge is 0.169 e. The van der Waals surface area contributed by atoms with Gasteiger partial charge in [0.1, 0.15) is 0 Å². The van der Waals surface area contributed by atoms with Crippen molar-refractivity contribution in [3.8, 4) is 0 Å². The number of azo groups is 1. The molecule has 0 saturated heterocycles. The van der Waals surface area contributed by atoms with Crippen LogP contribution in [0.5, 0.6) is 0 Å². The predicted octanol–water partition coefficient (Wildman–Crippen LogP) is 0.751. The molecule has 0 atom stereocenters. The molecule has 0 unspecified atom stereocenters. The summed E-state index contributed by atoms with van der Waals surface area (Å²) in [4.78, 5) is 0. The van der Waals surface area contributed by atoms with E-state index in [2.05, 4.69) is 15.3 Å². The molecule has 0 aromatic carbocycles. The lowest BCUT2D eigenvalue weighted by molar-refractivity contribution is 1.09. The Kier molecular flexibility index (Phi) is 3.74. The van der Waals surface area contributed by atoms with Crippen LogP contribution in [0.2, 0.25) is 0 Å². The Morgan fingerprint density at radius 3 is 2.38 bits per heavy atom. The number of amidine groups is 1. The highest BCUT2D eigenvalue weighted by Crippen LogP contribution is 1.84. The lowest BCUT2D eigenvalue weighted by atomic mass is 10.5. The van der Waals surface area contributed by atoms with Crippen LogP contribution in [0.15, 0.2) is 15.3 Å². The van der Waals surface area contributed by atoms with Gasteiger partial charge in [-0.05, 0) is 0 Å². The summed E-state index contributed by atoms with van der Waals surface area (Å²) in [6.07, 6.45) is 0.730. The van der Waals surface area contributed by atoms with Crippen LogP contribution in [0, 0.1) is 0 Å². The van der Waals surface area contributed by atoms with Gasteiger partial charge in [-0.15, -0.1) is 5.11 Å². The maximum atomic E-state index is 4.90. The van der Waals surface area contributed by atoms with Crippen LogP contribution >= 0.6 is 0 Å². The maximum absolute atomic E-state index is 4.90. The fourth-order valence-corrected chi connectivity index (χ4v) is 0.303. The zero-order chi connectivity index (χ0) is 6.41. The minimum absolute atomic E-state index is 0.576. The molecule has 0 heterocycles. The van der Waals surface area contributed by atoms with Crippen LogP contribution < -0.4 is 5.84 Å². The van der Waals surface area contributed by atoms with Gasteiger partial charge in [0.25, 0.3) is 0 Å². The minimum atomic E-state index is 0.576. The highest BCUT2D eigenvalue weighted by molar-refractivity contribution is 5.81. The van der Waals surface area contributed by atoms with Crippen molar-refractivity contribution in [1.29, 1.82) is 0 Å². The second-order valence-corrected chi connectivity index (χ2v) is 1.20. The number of nitrogens with zero attached hydrogens (tertiary/aromatic N) is 3. The first-order valence-corrected chi connectivity index (χ1v) is 2.41. The quantitative estimate of drug-likeness (QED) is 0.176. The van der Waals surface area contributed by atoms with Crippen molar-refractivity contribution in [3.05, 3.63) is 0 Å². The van der Waals surface area contributed by atoms with Crippen LogP contribution in [0.25, 0.3) is 0 Å². The van der Waals surface area contributed by atoms with Gasteiger partial charge in [0, 0.05) is 13.5 Å². The first-order valence-electron chi connectivity index (χ1n) is 2.41. The summed E-state index contributed by atoms with van der Waals surface area (Å²) in [6.45, 7) is 1.92. The first kappa shape index (κ1) is 7.07. The van der Waals surface area contributed by atoms with E-state index in [9.17, 15) is 0 Å². The molecule has 0 bridgehead atoms. The summed E-state index contributed by atoms with van der Waals surface area (Å²) in [5.41, 5.74) is 0. The van der Waals surface area contributed by atoms with E-state index in [1.807, 2.05) is 6.92 Å². The molecule has 46 valence electrons. The SMILES string of the molecule is CC/C(N=NC)=N/N. The van der Waals surface area contributed by atoms with E-state index in [-0.39, 0.29) is 0 Å². The number of nitrogens with two attached hydrogens (primary N) is 1. The Balaban J connectivity index is 3.72. The van der Waals surface area contributed by atoms with E-state index in [1.165, 1.54) is 0 Å². The molecule has 0 rings (SSSR count). The molecule has 2 N–H and O–H groups in total. The van der Waals surface area contributed by atoms with Gasteiger partial charge < -0.3 is 5.84 Å². The molecule has 0 aliphatic heterocycles. The average Bonchev–Trinajstić information content (AvgIpc) is 1.83. The molecule has 0 saturated carbocycles. The highest BCUT2D eigenvalue weighted by Gasteiger charge is 1.86. The second kappa shape index (κ2) is 4.23. The summed E-state index contributed by atoms with van der Waals surface area (Å²) in [5, 5.41) is 10.5. The van der Waals surface area contributed by atoms with Crippen molar-refractivity contribution in [2.45, 2.75) is 13.3 Å². The van der Waals surface area contributed by atoms with Crippen LogP contribution in [-0.2, 0) is 0 Å². The Morgan fingerprint density at radius 2 is 2.25 bits per heavy atom. The third-order valence-electron chi connectivity index (χ3n) is 0.681. The number of hydrogen-bond donors (Lipinski definition) is 1. The largest absolute Gasteiger partial charge is 0.321 e. The van der Waals surface area contributed by atoms with Gasteiger partial charge in [-0.25, -0.2) is 0 Å². The molecule has 0 amide bonds. The normalized spacial score (nSPS) is 13.0. The zero-order valence-electron chi connectivity index (χ0n) is 5.13. The molecule has 0 radical (unpaired) electrons. The van der Waals surface area contributed by atoms with Crippen LogP contribution in [0.4, 0.5) is 0 Å². The molecular weight excluding hydrogens is 104 g/mol. The third-order valence-corrected chi connectivity index (χ3v) is 0.681. The molecular formula is C4H10N4. The topological polar surface area (TPSA) is 63.1 Å². The van der Waals surface area contributed by atoms with Crippen molar-refractivity contribution >= 4 is 5.84 Å². The lowest BCUT2D eigenvalue weighted by Gasteiger charge is -1.86. The zero-order valence-corrected chi connectivity index (χ0v) is 5.13. The van der Waals surface area contributed by atoms with Gasteiger partial charge in [-0.2, -0.15) is 10.2 Å². The monoisotopic (exact) mass is 114 g/mol. The number of rotatable bonds is 1. The molecule has 0 spiro atoms. The van der Waals surface area contributed by atoms with Gasteiger partial charge >= 0.3 is 0 Å². The molecule has 0 aliphatic rings. The van der Waals surface area contributed by atoms with Crippen LogP contribution in [-0.4, -0.2) is 12.9 Å². The van der Waals surface area contributed by atoms with Crippen molar-refractivity contribution < 1.29 is 0 Å². The van der Waals surface area contributed by atoms with E-state index >= 15 is 0 Å². The summed E-state index contributed by atoms with van der Waals surface area (Å²) in [6, 6.07) is 0. The molecule has 0 aromatic rings. The van der Waals surface area contributed by atoms with Crippen LogP contribution in [0.1, 0.15) is 13.3 Å². The highest BCUT2D eigenvalue weighted by atomic mass is 15.2. The molecule has 0 aliphatic carbocycles. The molecule has 4 heteroatoms. The fourth-order valence-electron chi connectivity index (χ4n) is 0.303. The Labute approximate surface area is 48.5 Å². The van der Waals surface area contributed by atoms with Gasteiger partial charge in [0.05, 0.1) is 0 Å². The summed E-state index contributed by atoms with van der Waals surface area (Å²) in [5.74, 6) is 5.48. The Morgan fingerprint density at radius 1 is 1.62 bits per heavy atom. The van der Waals surface area contributed by atoms with Gasteiger partial charge in [-0.3, -0.25) is 0 Å². The van der Waals surface area contributed by atoms with Gasteiger partial charge in [0.15, 0.2) is 5.84 Å². The minimum Gasteiger partial charge on any atom is -0.321 e. The van der Waals surface area contributed by atoms with E-state index < -0.39 is 0 Å². The van der Waals surface area contributed by atoms with E-state index in [4.69, 9.17) is 5.84 Å². The molecule has 4 nitrogen and oxygen atoms in total. The third kappa shape index (κ3) is 2.28. The van der Waals surface area contributed by atoms with Crippen molar-refractivity contribution in [2.75, 3.05) is 7.05 Å². The van der Waals surface area contributed by atoms with Crippen LogP contribution in [0.3, 0.4) is 0 Å². The van der Waals surface area contributed by atoms with E-state index in [0.717, 1.165) is 6.42 Å².